The summed E-state index contributed by atoms with van der Waals surface area (Å²) < 4.78 is 6.15. The third-order valence-corrected chi connectivity index (χ3v) is 8.91. The van der Waals surface area contributed by atoms with Crippen molar-refractivity contribution in [2.75, 3.05) is 13.2 Å². The minimum absolute atomic E-state index is 0.292. The van der Waals surface area contributed by atoms with Crippen molar-refractivity contribution in [1.82, 2.24) is 0 Å². The van der Waals surface area contributed by atoms with Gasteiger partial charge < -0.3 is 9.53 Å². The average Bonchev–Trinajstić information content (AvgIpc) is 2.70. The Kier molecular flexibility index (Phi) is 3.69. The molecule has 2 nitrogen and oxygen atoms in total. The molecule has 1 aliphatic carbocycles. The van der Waals surface area contributed by atoms with Gasteiger partial charge in [0, 0.05) is 13.2 Å². The van der Waals surface area contributed by atoms with Gasteiger partial charge in [-0.3, -0.25) is 0 Å². The fourth-order valence-corrected chi connectivity index (χ4v) is 2.78. The largest absolute Gasteiger partial charge is 0.417 e. The minimum Gasteiger partial charge on any atom is -0.417 e. The van der Waals surface area contributed by atoms with E-state index in [2.05, 4.69) is 40.8 Å². The van der Waals surface area contributed by atoms with Crippen LogP contribution in [0.5, 0.6) is 0 Å². The molecule has 3 heteroatoms. The molecule has 0 aromatic heterocycles. The lowest BCUT2D eigenvalue weighted by molar-refractivity contribution is 0.232. The zero-order valence-electron chi connectivity index (χ0n) is 11.0. The highest BCUT2D eigenvalue weighted by Crippen LogP contribution is 2.47. The maximum atomic E-state index is 9.09. The minimum atomic E-state index is -1.58. The molecule has 0 aromatic carbocycles. The van der Waals surface area contributed by atoms with Crippen molar-refractivity contribution < 1.29 is 9.53 Å². The predicted octanol–water partition coefficient (Wildman–Crippen LogP) is 2.88. The van der Waals surface area contributed by atoms with Crippen molar-refractivity contribution in [3.63, 3.8) is 0 Å². The molecule has 15 heavy (non-hydrogen) atoms. The Labute approximate surface area is 95.2 Å². The van der Waals surface area contributed by atoms with Gasteiger partial charge in [0.2, 0.25) is 0 Å². The van der Waals surface area contributed by atoms with Gasteiger partial charge in [0.05, 0.1) is 0 Å². The van der Waals surface area contributed by atoms with Gasteiger partial charge >= 0.3 is 0 Å². The molecule has 0 bridgehead atoms. The molecule has 0 aliphatic heterocycles. The smallest absolute Gasteiger partial charge is 0.191 e. The maximum absolute atomic E-state index is 9.09. The Morgan fingerprint density at radius 1 is 1.20 bits per heavy atom. The third kappa shape index (κ3) is 2.83. The molecule has 0 amide bonds. The highest BCUT2D eigenvalue weighted by Gasteiger charge is 2.47. The molecular formula is C12H26O2Si. The molecule has 0 spiro atoms. The fraction of sp³-hybridized carbons (Fsp3) is 1.00. The molecule has 1 aliphatic rings. The zero-order chi connectivity index (χ0) is 11.9. The first-order chi connectivity index (χ1) is 6.70. The van der Waals surface area contributed by atoms with Crippen LogP contribution in [-0.4, -0.2) is 26.6 Å². The fourth-order valence-electron chi connectivity index (χ4n) is 1.73. The molecule has 3 atom stereocenters. The van der Waals surface area contributed by atoms with Crippen LogP contribution in [0, 0.1) is 17.8 Å². The lowest BCUT2D eigenvalue weighted by Gasteiger charge is -2.36. The van der Waals surface area contributed by atoms with Crippen LogP contribution in [0.1, 0.15) is 27.7 Å². The molecule has 0 saturated heterocycles. The molecule has 1 rings (SSSR count). The number of hydrogen-bond donors (Lipinski definition) is 1. The summed E-state index contributed by atoms with van der Waals surface area (Å²) in [5, 5.41) is 9.38. The van der Waals surface area contributed by atoms with E-state index in [1.165, 1.54) is 0 Å². The SMILES string of the molecule is C[C@@H]1[C@H](CO)[C@H]1CO[Si](C)(C)C(C)(C)C. The van der Waals surface area contributed by atoms with Crippen LogP contribution in [0.4, 0.5) is 0 Å². The first kappa shape index (κ1) is 13.2. The van der Waals surface area contributed by atoms with Crippen LogP contribution >= 0.6 is 0 Å². The Bertz CT molecular complexity index is 220. The number of aliphatic hydroxyl groups is 1. The number of rotatable bonds is 4. The maximum Gasteiger partial charge on any atom is 0.191 e. The number of hydrogen-bond acceptors (Lipinski definition) is 2. The molecule has 0 unspecified atom stereocenters. The second-order valence-corrected chi connectivity index (χ2v) is 11.3. The van der Waals surface area contributed by atoms with E-state index in [-0.39, 0.29) is 0 Å². The highest BCUT2D eigenvalue weighted by molar-refractivity contribution is 6.74. The second kappa shape index (κ2) is 4.19. The topological polar surface area (TPSA) is 29.5 Å². The van der Waals surface area contributed by atoms with E-state index in [0.29, 0.717) is 29.4 Å². The monoisotopic (exact) mass is 230 g/mol. The van der Waals surface area contributed by atoms with Crippen molar-refractivity contribution in [1.29, 1.82) is 0 Å². The summed E-state index contributed by atoms with van der Waals surface area (Å²) in [5.41, 5.74) is 0. The van der Waals surface area contributed by atoms with E-state index in [9.17, 15) is 0 Å². The van der Waals surface area contributed by atoms with Crippen LogP contribution in [0.25, 0.3) is 0 Å². The van der Waals surface area contributed by atoms with E-state index in [0.717, 1.165) is 6.61 Å². The summed E-state index contributed by atoms with van der Waals surface area (Å²) in [5.74, 6) is 1.75. The first-order valence-corrected chi connectivity index (χ1v) is 8.86. The van der Waals surface area contributed by atoms with Gasteiger partial charge in [0.25, 0.3) is 0 Å². The summed E-state index contributed by atoms with van der Waals surface area (Å²) in [6, 6.07) is 0. The quantitative estimate of drug-likeness (QED) is 0.753. The van der Waals surface area contributed by atoms with Crippen LogP contribution in [0.3, 0.4) is 0 Å². The van der Waals surface area contributed by atoms with Gasteiger partial charge in [-0.15, -0.1) is 0 Å². The lowest BCUT2D eigenvalue weighted by Crippen LogP contribution is -2.41. The van der Waals surface area contributed by atoms with Crippen molar-refractivity contribution in [3.05, 3.63) is 0 Å². The van der Waals surface area contributed by atoms with Crippen LogP contribution in [-0.2, 0) is 4.43 Å². The van der Waals surface area contributed by atoms with Gasteiger partial charge in [0.15, 0.2) is 8.32 Å². The highest BCUT2D eigenvalue weighted by atomic mass is 28.4. The molecular weight excluding hydrogens is 204 g/mol. The van der Waals surface area contributed by atoms with Crippen LogP contribution in [0.2, 0.25) is 18.1 Å². The van der Waals surface area contributed by atoms with E-state index in [1.54, 1.807) is 0 Å². The van der Waals surface area contributed by atoms with Gasteiger partial charge in [-0.25, -0.2) is 0 Å². The van der Waals surface area contributed by atoms with Crippen molar-refractivity contribution in [3.8, 4) is 0 Å². The summed E-state index contributed by atoms with van der Waals surface area (Å²) >= 11 is 0. The number of aliphatic hydroxyl groups excluding tert-OH is 1. The standard InChI is InChI=1S/C12H26O2Si/c1-9-10(7-13)11(9)8-14-15(5,6)12(2,3)4/h9-11,13H,7-8H2,1-6H3/t9-,10+,11+/m1/s1. The molecule has 1 fully saturated rings. The molecule has 1 N–H and O–H groups in total. The lowest BCUT2D eigenvalue weighted by atomic mass is 10.2. The van der Waals surface area contributed by atoms with Crippen LogP contribution < -0.4 is 0 Å². The van der Waals surface area contributed by atoms with E-state index in [4.69, 9.17) is 9.53 Å². The normalized spacial score (nSPS) is 31.8. The van der Waals surface area contributed by atoms with E-state index in [1.807, 2.05) is 0 Å². The molecule has 0 heterocycles. The summed E-state index contributed by atoms with van der Waals surface area (Å²) in [7, 11) is -1.58. The average molecular weight is 230 g/mol. The Hall–Kier alpha value is 0.137. The predicted molar refractivity (Wildman–Crippen MR) is 66.4 cm³/mol. The molecule has 90 valence electrons. The van der Waals surface area contributed by atoms with Crippen molar-refractivity contribution in [2.45, 2.75) is 45.8 Å². The van der Waals surface area contributed by atoms with Gasteiger partial charge in [-0.05, 0) is 35.9 Å². The second-order valence-electron chi connectivity index (χ2n) is 6.44. The van der Waals surface area contributed by atoms with Gasteiger partial charge in [-0.2, -0.15) is 0 Å². The third-order valence-electron chi connectivity index (χ3n) is 4.41. The van der Waals surface area contributed by atoms with Gasteiger partial charge in [0.1, 0.15) is 0 Å². The van der Waals surface area contributed by atoms with Crippen molar-refractivity contribution in [2.24, 2.45) is 17.8 Å². The molecule has 1 saturated carbocycles. The first-order valence-electron chi connectivity index (χ1n) is 5.95. The Morgan fingerprint density at radius 2 is 1.73 bits per heavy atom. The van der Waals surface area contributed by atoms with Crippen molar-refractivity contribution >= 4 is 8.32 Å². The van der Waals surface area contributed by atoms with Gasteiger partial charge in [-0.1, -0.05) is 27.7 Å². The summed E-state index contributed by atoms with van der Waals surface area (Å²) in [4.78, 5) is 0. The molecule has 0 radical (unpaired) electrons. The Morgan fingerprint density at radius 3 is 2.07 bits per heavy atom. The summed E-state index contributed by atoms with van der Waals surface area (Å²) in [6.45, 7) is 14.7. The summed E-state index contributed by atoms with van der Waals surface area (Å²) in [6.07, 6.45) is 0. The van der Waals surface area contributed by atoms with E-state index < -0.39 is 8.32 Å². The Balaban J connectivity index is 2.38. The molecule has 0 aromatic rings. The zero-order valence-corrected chi connectivity index (χ0v) is 12.0. The van der Waals surface area contributed by atoms with Crippen LogP contribution in [0.15, 0.2) is 0 Å². The van der Waals surface area contributed by atoms with E-state index >= 15 is 0 Å².